The number of para-hydroxylation sites is 1. The van der Waals surface area contributed by atoms with Gasteiger partial charge in [0.05, 0.1) is 45.8 Å². The highest BCUT2D eigenvalue weighted by Crippen LogP contribution is 2.35. The summed E-state index contributed by atoms with van der Waals surface area (Å²) in [6.45, 7) is 9.57. The summed E-state index contributed by atoms with van der Waals surface area (Å²) in [5.74, 6) is -0.506. The Morgan fingerprint density at radius 1 is 0.919 bits per heavy atom. The van der Waals surface area contributed by atoms with E-state index in [9.17, 15) is 24.3 Å². The first-order valence-electron chi connectivity index (χ1n) is 21.2. The number of nitrogens with one attached hydrogen (secondary N) is 5. The average molecular weight is 858 g/mol. The maximum atomic E-state index is 14.1. The van der Waals surface area contributed by atoms with Crippen molar-refractivity contribution in [1.82, 2.24) is 30.5 Å². The molecule has 6 N–H and O–H groups in total. The SMILES string of the molecule is Cc1ncsc1-c1ccc(C(C)NC(=O)C2CC(O)CN2C(=O)C(NC(=O)CCCCCCc2ccc(Nc3ncc4c(n3)-c3ccccc3NC(=O)N4)cc2)C(C)(C)C)cc1. The highest BCUT2D eigenvalue weighted by atomic mass is 32.1. The largest absolute Gasteiger partial charge is 0.391 e. The highest BCUT2D eigenvalue weighted by Gasteiger charge is 2.44. The van der Waals surface area contributed by atoms with E-state index in [2.05, 4.69) is 48.7 Å². The molecule has 14 nitrogen and oxygen atoms in total. The number of β-amino-alcohol motifs (C(OH)–C–C–N with tert-alkyl or cyclic N) is 1. The number of aliphatic hydroxyl groups excluding tert-OH is 1. The molecule has 5 amide bonds. The number of rotatable bonds is 15. The molecule has 324 valence electrons. The first-order valence-corrected chi connectivity index (χ1v) is 22.1. The number of aromatic nitrogens is 3. The Bertz CT molecular complexity index is 2400. The second-order valence-corrected chi connectivity index (χ2v) is 18.1. The van der Waals surface area contributed by atoms with Gasteiger partial charge in [-0.15, -0.1) is 11.3 Å². The van der Waals surface area contributed by atoms with Crippen molar-refractivity contribution in [1.29, 1.82) is 0 Å². The second-order valence-electron chi connectivity index (χ2n) is 17.2. The topological polar surface area (TPSA) is 191 Å². The summed E-state index contributed by atoms with van der Waals surface area (Å²) in [6.07, 6.45) is 5.50. The smallest absolute Gasteiger partial charge is 0.323 e. The van der Waals surface area contributed by atoms with Gasteiger partial charge in [0.15, 0.2) is 0 Å². The Balaban J connectivity index is 0.851. The van der Waals surface area contributed by atoms with Crippen molar-refractivity contribution in [3.63, 3.8) is 0 Å². The monoisotopic (exact) mass is 857 g/mol. The van der Waals surface area contributed by atoms with Crippen molar-refractivity contribution in [2.75, 3.05) is 22.5 Å². The fraction of sp³-hybridized carbons (Fsp3) is 0.383. The Morgan fingerprint density at radius 2 is 1.65 bits per heavy atom. The number of likely N-dealkylation sites (tertiary alicyclic amines) is 1. The minimum absolute atomic E-state index is 0.0223. The molecule has 0 spiro atoms. The van der Waals surface area contributed by atoms with E-state index in [0.717, 1.165) is 58.6 Å². The van der Waals surface area contributed by atoms with Crippen LogP contribution in [0.2, 0.25) is 0 Å². The summed E-state index contributed by atoms with van der Waals surface area (Å²) in [4.78, 5) is 69.2. The summed E-state index contributed by atoms with van der Waals surface area (Å²) in [6, 6.07) is 21.2. The van der Waals surface area contributed by atoms with E-state index in [-0.39, 0.29) is 49.2 Å². The molecule has 0 radical (unpaired) electrons. The standard InChI is InChI=1S/C47H55N9O5S/c1-28(31-18-20-32(21-19-31)41-29(2)49-27-62-41)50-43(59)38-24-34(57)26-56(38)44(60)42(47(3,4)5)54-39(58)15-9-7-6-8-12-30-16-22-33(23-17-30)51-45-48-25-37-40(55-45)35-13-10-11-14-36(35)52-46(61)53-37/h10-11,13-14,16-23,25,27-28,34,38,42,57H,6-9,12,15,24,26H2,1-5H3,(H,50,59)(H,54,58)(H,48,51,55)(H2,52,53,61). The molecule has 15 heteroatoms. The zero-order valence-electron chi connectivity index (χ0n) is 35.8. The van der Waals surface area contributed by atoms with Crippen molar-refractivity contribution in [2.24, 2.45) is 5.41 Å². The van der Waals surface area contributed by atoms with Crippen molar-refractivity contribution in [3.8, 4) is 21.7 Å². The number of nitrogens with zero attached hydrogens (tertiary/aromatic N) is 4. The molecule has 3 aromatic carbocycles. The normalized spacial score (nSPS) is 16.8. The molecule has 2 aromatic heterocycles. The maximum Gasteiger partial charge on any atom is 0.323 e. The molecule has 2 aliphatic rings. The summed E-state index contributed by atoms with van der Waals surface area (Å²) < 4.78 is 0. The van der Waals surface area contributed by atoms with Gasteiger partial charge in [-0.3, -0.25) is 14.4 Å². The number of amides is 5. The zero-order valence-corrected chi connectivity index (χ0v) is 36.6. The summed E-state index contributed by atoms with van der Waals surface area (Å²) in [7, 11) is 0. The van der Waals surface area contributed by atoms with Crippen LogP contribution in [0, 0.1) is 12.3 Å². The number of urea groups is 1. The van der Waals surface area contributed by atoms with Crippen molar-refractivity contribution in [2.45, 2.75) is 104 Å². The van der Waals surface area contributed by atoms with Crippen LogP contribution in [0.1, 0.15) is 89.1 Å². The molecule has 62 heavy (non-hydrogen) atoms. The third-order valence-electron chi connectivity index (χ3n) is 11.4. The van der Waals surface area contributed by atoms with Gasteiger partial charge in [0.1, 0.15) is 17.8 Å². The first-order chi connectivity index (χ1) is 29.7. The van der Waals surface area contributed by atoms with Gasteiger partial charge in [0, 0.05) is 30.6 Å². The van der Waals surface area contributed by atoms with Gasteiger partial charge in [-0.25, -0.2) is 19.7 Å². The summed E-state index contributed by atoms with van der Waals surface area (Å²) in [5.41, 5.74) is 8.80. The van der Waals surface area contributed by atoms with Gasteiger partial charge in [-0.2, -0.15) is 0 Å². The van der Waals surface area contributed by atoms with Crippen LogP contribution in [0.3, 0.4) is 0 Å². The molecule has 4 atom stereocenters. The zero-order chi connectivity index (χ0) is 44.0. The molecule has 4 unspecified atom stereocenters. The van der Waals surface area contributed by atoms with Gasteiger partial charge >= 0.3 is 6.03 Å². The Hall–Kier alpha value is -6.19. The number of thiazole rings is 1. The predicted octanol–water partition coefficient (Wildman–Crippen LogP) is 8.14. The van der Waals surface area contributed by atoms with Gasteiger partial charge in [0.2, 0.25) is 23.7 Å². The van der Waals surface area contributed by atoms with E-state index in [1.807, 2.05) is 101 Å². The van der Waals surface area contributed by atoms with Crippen LogP contribution in [-0.4, -0.2) is 73.4 Å². The first kappa shape index (κ1) is 43.9. The fourth-order valence-electron chi connectivity index (χ4n) is 7.91. The van der Waals surface area contributed by atoms with Gasteiger partial charge in [-0.05, 0) is 73.4 Å². The third-order valence-corrected chi connectivity index (χ3v) is 12.3. The average Bonchev–Trinajstić information content (AvgIpc) is 3.83. The van der Waals surface area contributed by atoms with E-state index < -0.39 is 23.6 Å². The molecule has 0 aliphatic carbocycles. The molecule has 7 rings (SSSR count). The molecule has 0 saturated carbocycles. The third kappa shape index (κ3) is 10.6. The van der Waals surface area contributed by atoms with Crippen LogP contribution < -0.4 is 26.6 Å². The lowest BCUT2D eigenvalue weighted by molar-refractivity contribution is -0.144. The number of hydrogen-bond acceptors (Lipinski definition) is 10. The van der Waals surface area contributed by atoms with Gasteiger partial charge in [-0.1, -0.05) is 88.2 Å². The lowest BCUT2D eigenvalue weighted by atomic mass is 9.85. The Morgan fingerprint density at radius 3 is 2.37 bits per heavy atom. The lowest BCUT2D eigenvalue weighted by Crippen LogP contribution is -2.57. The van der Waals surface area contributed by atoms with E-state index >= 15 is 0 Å². The molecule has 5 aromatic rings. The molecular formula is C47H55N9O5S. The Labute approximate surface area is 366 Å². The maximum absolute atomic E-state index is 14.1. The predicted molar refractivity (Wildman–Crippen MR) is 243 cm³/mol. The van der Waals surface area contributed by atoms with Crippen molar-refractivity contribution in [3.05, 3.63) is 101 Å². The number of anilines is 4. The van der Waals surface area contributed by atoms with E-state index in [0.29, 0.717) is 29.4 Å². The number of hydrogen-bond donors (Lipinski definition) is 6. The minimum Gasteiger partial charge on any atom is -0.391 e. The van der Waals surface area contributed by atoms with Crippen LogP contribution in [0.4, 0.5) is 27.8 Å². The van der Waals surface area contributed by atoms with Crippen LogP contribution in [0.25, 0.3) is 21.7 Å². The fourth-order valence-corrected chi connectivity index (χ4v) is 8.73. The molecule has 1 fully saturated rings. The molecule has 2 aliphatic heterocycles. The highest BCUT2D eigenvalue weighted by molar-refractivity contribution is 7.13. The number of carbonyl (C=O) groups is 4. The van der Waals surface area contributed by atoms with E-state index in [4.69, 9.17) is 4.98 Å². The molecular weight excluding hydrogens is 803 g/mol. The van der Waals surface area contributed by atoms with Crippen LogP contribution in [0.15, 0.2) is 84.5 Å². The number of carbonyl (C=O) groups excluding carboxylic acids is 4. The molecule has 0 bridgehead atoms. The molecule has 1 saturated heterocycles. The number of benzene rings is 3. The van der Waals surface area contributed by atoms with Crippen molar-refractivity contribution >= 4 is 58.1 Å². The minimum atomic E-state index is -0.867. The van der Waals surface area contributed by atoms with Crippen LogP contribution >= 0.6 is 11.3 Å². The molecule has 4 heterocycles. The lowest BCUT2D eigenvalue weighted by Gasteiger charge is -2.35. The second kappa shape index (κ2) is 19.2. The van der Waals surface area contributed by atoms with Crippen molar-refractivity contribution < 1.29 is 24.3 Å². The quantitative estimate of drug-likeness (QED) is 0.0565. The number of unbranched alkanes of at least 4 members (excludes halogenated alkanes) is 3. The Kier molecular flexibility index (Phi) is 13.6. The van der Waals surface area contributed by atoms with Crippen LogP contribution in [-0.2, 0) is 20.8 Å². The summed E-state index contributed by atoms with van der Waals surface area (Å²) >= 11 is 1.58. The van der Waals surface area contributed by atoms with Gasteiger partial charge < -0.3 is 36.6 Å². The number of aryl methyl sites for hydroxylation is 2. The van der Waals surface area contributed by atoms with Crippen LogP contribution in [0.5, 0.6) is 0 Å². The van der Waals surface area contributed by atoms with E-state index in [1.54, 1.807) is 17.5 Å². The van der Waals surface area contributed by atoms with E-state index in [1.165, 1.54) is 10.5 Å². The summed E-state index contributed by atoms with van der Waals surface area (Å²) in [5, 5.41) is 25.6. The number of fused-ring (bicyclic) bond motifs is 3. The van der Waals surface area contributed by atoms with Gasteiger partial charge in [0.25, 0.3) is 0 Å². The number of aliphatic hydroxyl groups is 1.